The van der Waals surface area contributed by atoms with Gasteiger partial charge in [0.05, 0.1) is 0 Å². The molecule has 0 radical (unpaired) electrons. The topological polar surface area (TPSA) is 23.6 Å². The van der Waals surface area contributed by atoms with Crippen molar-refractivity contribution in [2.24, 2.45) is 0 Å². The van der Waals surface area contributed by atoms with E-state index < -0.39 is 0 Å². The van der Waals surface area contributed by atoms with Gasteiger partial charge in [-0.05, 0) is 50.4 Å². The van der Waals surface area contributed by atoms with E-state index in [-0.39, 0.29) is 5.91 Å². The fourth-order valence-electron chi connectivity index (χ4n) is 3.79. The maximum Gasteiger partial charge on any atom is 0.253 e. The van der Waals surface area contributed by atoms with Gasteiger partial charge in [0.25, 0.3) is 5.91 Å². The van der Waals surface area contributed by atoms with E-state index >= 15 is 0 Å². The van der Waals surface area contributed by atoms with Crippen LogP contribution >= 0.6 is 0 Å². The lowest BCUT2D eigenvalue weighted by atomic mass is 9.94. The maximum atomic E-state index is 12.3. The normalized spacial score (nSPS) is 19.8. The maximum absolute atomic E-state index is 12.3. The van der Waals surface area contributed by atoms with E-state index in [9.17, 15) is 4.79 Å². The van der Waals surface area contributed by atoms with Crippen molar-refractivity contribution < 1.29 is 4.79 Å². The molecule has 0 bridgehead atoms. The summed E-state index contributed by atoms with van der Waals surface area (Å²) in [6, 6.07) is 9.00. The summed E-state index contributed by atoms with van der Waals surface area (Å²) in [7, 11) is 2.24. The van der Waals surface area contributed by atoms with Gasteiger partial charge >= 0.3 is 0 Å². The highest BCUT2D eigenvalue weighted by molar-refractivity contribution is 5.94. The van der Waals surface area contributed by atoms with Gasteiger partial charge in [-0.3, -0.25) is 9.69 Å². The van der Waals surface area contributed by atoms with Crippen molar-refractivity contribution >= 4 is 5.91 Å². The number of carbonyl (C=O) groups excluding carboxylic acids is 1. The minimum atomic E-state index is 0.199. The molecule has 3 rings (SSSR count). The highest BCUT2D eigenvalue weighted by Crippen LogP contribution is 2.23. The quantitative estimate of drug-likeness (QED) is 0.846. The second-order valence-electron chi connectivity index (χ2n) is 6.90. The van der Waals surface area contributed by atoms with Gasteiger partial charge in [0.2, 0.25) is 0 Å². The van der Waals surface area contributed by atoms with E-state index in [1.165, 1.54) is 37.7 Å². The molecule has 1 amide bonds. The first-order chi connectivity index (χ1) is 10.7. The SMILES string of the molecule is CN(Cc1ccc(C(=O)N2CCCC2)cc1)C1CCCCC1. The monoisotopic (exact) mass is 300 g/mol. The molecule has 3 heteroatoms. The van der Waals surface area contributed by atoms with Crippen molar-refractivity contribution in [1.82, 2.24) is 9.80 Å². The molecule has 1 aromatic rings. The van der Waals surface area contributed by atoms with Crippen molar-refractivity contribution in [3.05, 3.63) is 35.4 Å². The predicted molar refractivity (Wildman–Crippen MR) is 89.9 cm³/mol. The van der Waals surface area contributed by atoms with E-state index in [2.05, 4.69) is 24.1 Å². The standard InChI is InChI=1S/C19H28N2O/c1-20(18-7-3-2-4-8-18)15-16-9-11-17(12-10-16)19(22)21-13-5-6-14-21/h9-12,18H,2-8,13-15H2,1H3. The molecule has 22 heavy (non-hydrogen) atoms. The van der Waals surface area contributed by atoms with Gasteiger partial charge in [0.1, 0.15) is 0 Å². The third-order valence-corrected chi connectivity index (χ3v) is 5.22. The minimum absolute atomic E-state index is 0.199. The molecule has 0 N–H and O–H groups in total. The van der Waals surface area contributed by atoms with Crippen molar-refractivity contribution in [2.45, 2.75) is 57.5 Å². The van der Waals surface area contributed by atoms with Crippen LogP contribution in [0.5, 0.6) is 0 Å². The largest absolute Gasteiger partial charge is 0.339 e. The summed E-state index contributed by atoms with van der Waals surface area (Å²) in [6.45, 7) is 2.83. The first kappa shape index (κ1) is 15.5. The number of likely N-dealkylation sites (tertiary alicyclic amines) is 1. The highest BCUT2D eigenvalue weighted by Gasteiger charge is 2.20. The molecule has 1 aromatic carbocycles. The van der Waals surface area contributed by atoms with Crippen molar-refractivity contribution in [3.63, 3.8) is 0 Å². The molecule has 120 valence electrons. The van der Waals surface area contributed by atoms with Gasteiger partial charge in [-0.1, -0.05) is 31.4 Å². The van der Waals surface area contributed by atoms with Gasteiger partial charge in [0.15, 0.2) is 0 Å². The molecule has 1 saturated carbocycles. The van der Waals surface area contributed by atoms with Gasteiger partial charge in [-0.2, -0.15) is 0 Å². The van der Waals surface area contributed by atoms with Crippen LogP contribution in [0.2, 0.25) is 0 Å². The van der Waals surface area contributed by atoms with Crippen LogP contribution in [-0.4, -0.2) is 41.9 Å². The third-order valence-electron chi connectivity index (χ3n) is 5.22. The summed E-state index contributed by atoms with van der Waals surface area (Å²) in [5, 5.41) is 0. The second-order valence-corrected chi connectivity index (χ2v) is 6.90. The Morgan fingerprint density at radius 2 is 1.68 bits per heavy atom. The lowest BCUT2D eigenvalue weighted by molar-refractivity contribution is 0.0793. The minimum Gasteiger partial charge on any atom is -0.339 e. The zero-order chi connectivity index (χ0) is 15.4. The van der Waals surface area contributed by atoms with Gasteiger partial charge < -0.3 is 4.90 Å². The van der Waals surface area contributed by atoms with Crippen molar-refractivity contribution in [2.75, 3.05) is 20.1 Å². The molecule has 2 aliphatic rings. The molecule has 0 aromatic heterocycles. The van der Waals surface area contributed by atoms with Gasteiger partial charge in [0, 0.05) is 31.2 Å². The van der Waals surface area contributed by atoms with Crippen LogP contribution in [-0.2, 0) is 6.54 Å². The number of hydrogen-bond acceptors (Lipinski definition) is 2. The van der Waals surface area contributed by atoms with E-state index in [1.54, 1.807) is 0 Å². The third kappa shape index (κ3) is 3.70. The number of hydrogen-bond donors (Lipinski definition) is 0. The summed E-state index contributed by atoms with van der Waals surface area (Å²) in [4.78, 5) is 16.8. The Hall–Kier alpha value is -1.35. The molecule has 2 fully saturated rings. The van der Waals surface area contributed by atoms with Crippen LogP contribution in [0.1, 0.15) is 60.9 Å². The van der Waals surface area contributed by atoms with Crippen LogP contribution in [0.3, 0.4) is 0 Å². The molecule has 0 atom stereocenters. The average Bonchev–Trinajstić information content (AvgIpc) is 3.10. The molecule has 0 spiro atoms. The summed E-state index contributed by atoms with van der Waals surface area (Å²) >= 11 is 0. The molecular weight excluding hydrogens is 272 g/mol. The van der Waals surface area contributed by atoms with Crippen LogP contribution in [0, 0.1) is 0 Å². The average molecular weight is 300 g/mol. The summed E-state index contributed by atoms with van der Waals surface area (Å²) in [5.41, 5.74) is 2.15. The Kier molecular flexibility index (Phi) is 5.14. The van der Waals surface area contributed by atoms with E-state index in [4.69, 9.17) is 0 Å². The molecule has 0 unspecified atom stereocenters. The second kappa shape index (κ2) is 7.28. The zero-order valence-electron chi connectivity index (χ0n) is 13.8. The van der Waals surface area contributed by atoms with Crippen molar-refractivity contribution in [3.8, 4) is 0 Å². The van der Waals surface area contributed by atoms with E-state index in [1.807, 2.05) is 17.0 Å². The number of rotatable bonds is 4. The zero-order valence-corrected chi connectivity index (χ0v) is 13.8. The Balaban J connectivity index is 1.57. The summed E-state index contributed by atoms with van der Waals surface area (Å²) < 4.78 is 0. The number of nitrogens with zero attached hydrogens (tertiary/aromatic N) is 2. The molecule has 1 saturated heterocycles. The number of amides is 1. The summed E-state index contributed by atoms with van der Waals surface area (Å²) in [5.74, 6) is 0.199. The first-order valence-electron chi connectivity index (χ1n) is 8.82. The lowest BCUT2D eigenvalue weighted by Gasteiger charge is -2.31. The van der Waals surface area contributed by atoms with Crippen molar-refractivity contribution in [1.29, 1.82) is 0 Å². The molecule has 1 aliphatic carbocycles. The van der Waals surface area contributed by atoms with Crippen LogP contribution in [0.15, 0.2) is 24.3 Å². The Labute approximate surface area is 134 Å². The summed E-state index contributed by atoms with van der Waals surface area (Å²) in [6.07, 6.45) is 9.12. The smallest absolute Gasteiger partial charge is 0.253 e. The number of carbonyl (C=O) groups is 1. The molecule has 1 heterocycles. The fraction of sp³-hybridized carbons (Fsp3) is 0.632. The fourth-order valence-corrected chi connectivity index (χ4v) is 3.79. The van der Waals surface area contributed by atoms with Gasteiger partial charge in [-0.25, -0.2) is 0 Å². The first-order valence-corrected chi connectivity index (χ1v) is 8.82. The number of benzene rings is 1. The Bertz CT molecular complexity index is 485. The van der Waals surface area contributed by atoms with E-state index in [0.717, 1.165) is 44.1 Å². The van der Waals surface area contributed by atoms with Gasteiger partial charge in [-0.15, -0.1) is 0 Å². The van der Waals surface area contributed by atoms with Crippen LogP contribution in [0.25, 0.3) is 0 Å². The molecular formula is C19H28N2O. The van der Waals surface area contributed by atoms with Crippen LogP contribution in [0.4, 0.5) is 0 Å². The molecule has 3 nitrogen and oxygen atoms in total. The van der Waals surface area contributed by atoms with Crippen LogP contribution < -0.4 is 0 Å². The Morgan fingerprint density at radius 1 is 1.05 bits per heavy atom. The molecule has 1 aliphatic heterocycles. The highest BCUT2D eigenvalue weighted by atomic mass is 16.2. The Morgan fingerprint density at radius 3 is 2.32 bits per heavy atom. The van der Waals surface area contributed by atoms with E-state index in [0.29, 0.717) is 0 Å². The lowest BCUT2D eigenvalue weighted by Crippen LogP contribution is -2.32. The predicted octanol–water partition coefficient (Wildman–Crippen LogP) is 3.69.